The summed E-state index contributed by atoms with van der Waals surface area (Å²) in [5.41, 5.74) is 2.38. The highest BCUT2D eigenvalue weighted by Gasteiger charge is 2.53. The summed E-state index contributed by atoms with van der Waals surface area (Å²) in [4.78, 5) is 76.2. The van der Waals surface area contributed by atoms with Gasteiger partial charge in [0.1, 0.15) is 18.1 Å². The number of anilines is 2. The highest BCUT2D eigenvalue weighted by Crippen LogP contribution is 2.52. The third-order valence-corrected chi connectivity index (χ3v) is 12.3. The largest absolute Gasteiger partial charge is 0.586 e. The van der Waals surface area contributed by atoms with E-state index in [1.807, 2.05) is 36.1 Å². The van der Waals surface area contributed by atoms with Crippen LogP contribution in [0.4, 0.5) is 20.5 Å². The summed E-state index contributed by atoms with van der Waals surface area (Å²) < 4.78 is 42.3. The Hall–Kier alpha value is -6.58. The number of halogens is 2. The van der Waals surface area contributed by atoms with Crippen molar-refractivity contribution in [2.75, 3.05) is 56.5 Å². The number of alkyl halides is 2. The summed E-state index contributed by atoms with van der Waals surface area (Å²) in [6.45, 7) is 7.83. The van der Waals surface area contributed by atoms with E-state index in [0.717, 1.165) is 30.4 Å². The lowest BCUT2D eigenvalue weighted by atomic mass is 9.92. The van der Waals surface area contributed by atoms with Crippen molar-refractivity contribution in [1.29, 1.82) is 0 Å². The van der Waals surface area contributed by atoms with Gasteiger partial charge in [0.2, 0.25) is 29.5 Å². The number of fused-ring (bicyclic) bond motifs is 1. The molecule has 4 aromatic rings. The third kappa shape index (κ3) is 8.90. The topological polar surface area (TPSA) is 155 Å². The van der Waals surface area contributed by atoms with Crippen molar-refractivity contribution in [2.24, 2.45) is 5.92 Å². The first-order valence-electron chi connectivity index (χ1n) is 20.9. The number of aryl methyl sites for hydroxylation is 2. The Kier molecular flexibility index (Phi) is 11.6. The fraction of sp³-hybridized carbons (Fsp3) is 0.391. The predicted molar refractivity (Wildman–Crippen MR) is 226 cm³/mol. The first-order chi connectivity index (χ1) is 29.7. The molecule has 0 spiro atoms. The number of ether oxygens (including phenoxy) is 2. The van der Waals surface area contributed by atoms with Crippen molar-refractivity contribution in [1.82, 2.24) is 19.7 Å². The number of piperidine rings is 1. The molecule has 2 aromatic heterocycles. The SMILES string of the molecule is C=CC(=O)N1CCN(c2ccc(CCC(=O)N(C)CCC3CCN(C(=O)c4cccc(-c5nc(NC(=O)C6(c7ccc8c(c7)OC(F)(F)O8)CC6)ccc5C)c4)CC3)o2)C(=O)C1.[HH]. The molecule has 3 aliphatic heterocycles. The number of piperazine rings is 1. The van der Waals surface area contributed by atoms with E-state index in [9.17, 15) is 32.8 Å². The van der Waals surface area contributed by atoms with Crippen LogP contribution in [0, 0.1) is 12.8 Å². The summed E-state index contributed by atoms with van der Waals surface area (Å²) in [6.07, 6.45) is 1.63. The van der Waals surface area contributed by atoms with Gasteiger partial charge in [-0.15, -0.1) is 8.78 Å². The molecule has 8 rings (SSSR count). The van der Waals surface area contributed by atoms with Crippen LogP contribution < -0.4 is 19.7 Å². The van der Waals surface area contributed by atoms with Crippen LogP contribution in [0.2, 0.25) is 0 Å². The van der Waals surface area contributed by atoms with Crippen LogP contribution in [0.25, 0.3) is 11.3 Å². The Balaban J connectivity index is 0.00000595. The Labute approximate surface area is 358 Å². The monoisotopic (exact) mass is 852 g/mol. The predicted octanol–water partition coefficient (Wildman–Crippen LogP) is 6.58. The second-order valence-corrected chi connectivity index (χ2v) is 16.4. The number of nitrogens with one attached hydrogen (secondary N) is 1. The maximum atomic E-state index is 13.7. The van der Waals surface area contributed by atoms with Crippen molar-refractivity contribution in [2.45, 2.75) is 63.6 Å². The molecule has 326 valence electrons. The van der Waals surface area contributed by atoms with E-state index in [-0.39, 0.29) is 55.4 Å². The second kappa shape index (κ2) is 17.1. The minimum absolute atomic E-state index is 0. The van der Waals surface area contributed by atoms with Gasteiger partial charge >= 0.3 is 6.29 Å². The van der Waals surface area contributed by atoms with E-state index < -0.39 is 11.7 Å². The number of nitrogens with zero attached hydrogens (tertiary/aromatic N) is 5. The number of likely N-dealkylation sites (tertiary alicyclic amines) is 1. The van der Waals surface area contributed by atoms with Gasteiger partial charge in [0.05, 0.1) is 11.1 Å². The van der Waals surface area contributed by atoms with Gasteiger partial charge in [-0.25, -0.2) is 4.98 Å². The second-order valence-electron chi connectivity index (χ2n) is 16.4. The molecule has 0 atom stereocenters. The third-order valence-electron chi connectivity index (χ3n) is 12.3. The van der Waals surface area contributed by atoms with Crippen LogP contribution in [0.1, 0.15) is 67.2 Å². The number of furan rings is 1. The molecule has 62 heavy (non-hydrogen) atoms. The number of rotatable bonds is 13. The van der Waals surface area contributed by atoms with E-state index in [1.165, 1.54) is 28.0 Å². The molecule has 5 amide bonds. The molecule has 3 fully saturated rings. The number of carbonyl (C=O) groups is 5. The fourth-order valence-electron chi connectivity index (χ4n) is 8.34. The fourth-order valence-corrected chi connectivity index (χ4v) is 8.34. The van der Waals surface area contributed by atoms with E-state index >= 15 is 0 Å². The van der Waals surface area contributed by atoms with Gasteiger partial charge < -0.3 is 33.9 Å². The van der Waals surface area contributed by atoms with Crippen molar-refractivity contribution in [3.8, 4) is 22.8 Å². The lowest BCUT2D eigenvalue weighted by molar-refractivity contribution is -0.286. The van der Waals surface area contributed by atoms with Crippen LogP contribution in [0.5, 0.6) is 11.5 Å². The highest BCUT2D eigenvalue weighted by molar-refractivity contribution is 6.01. The molecule has 2 aromatic carbocycles. The van der Waals surface area contributed by atoms with E-state index in [1.54, 1.807) is 42.3 Å². The quantitative estimate of drug-likeness (QED) is 0.147. The average Bonchev–Trinajstić information content (AvgIpc) is 3.85. The van der Waals surface area contributed by atoms with E-state index in [0.29, 0.717) is 92.2 Å². The number of aromatic nitrogens is 1. The van der Waals surface area contributed by atoms with Crippen molar-refractivity contribution >= 4 is 41.2 Å². The first-order valence-corrected chi connectivity index (χ1v) is 20.9. The molecule has 1 aliphatic carbocycles. The van der Waals surface area contributed by atoms with Crippen LogP contribution in [0.3, 0.4) is 0 Å². The average molecular weight is 853 g/mol. The zero-order valence-electron chi connectivity index (χ0n) is 34.7. The van der Waals surface area contributed by atoms with Gasteiger partial charge in [-0.05, 0) is 98.5 Å². The van der Waals surface area contributed by atoms with Crippen LogP contribution in [-0.4, -0.2) is 102 Å². The van der Waals surface area contributed by atoms with Gasteiger partial charge in [-0.1, -0.05) is 30.8 Å². The van der Waals surface area contributed by atoms with Crippen LogP contribution in [-0.2, 0) is 31.0 Å². The van der Waals surface area contributed by atoms with Crippen LogP contribution >= 0.6 is 0 Å². The van der Waals surface area contributed by atoms with Crippen molar-refractivity contribution < 1.29 is 48.1 Å². The summed E-state index contributed by atoms with van der Waals surface area (Å²) in [5, 5.41) is 2.92. The number of hydrogen-bond donors (Lipinski definition) is 1. The Morgan fingerprint density at radius 1 is 0.968 bits per heavy atom. The molecule has 14 nitrogen and oxygen atoms in total. The molecule has 1 saturated carbocycles. The lowest BCUT2D eigenvalue weighted by Gasteiger charge is -2.33. The first kappa shape index (κ1) is 42.1. The minimum atomic E-state index is -3.75. The molecule has 1 N–H and O–H groups in total. The summed E-state index contributed by atoms with van der Waals surface area (Å²) in [6, 6.07) is 18.8. The molecule has 0 unspecified atom stereocenters. The van der Waals surface area contributed by atoms with Gasteiger partial charge in [0.15, 0.2) is 11.5 Å². The number of hydrogen-bond acceptors (Lipinski definition) is 9. The Morgan fingerprint density at radius 2 is 1.74 bits per heavy atom. The summed E-state index contributed by atoms with van der Waals surface area (Å²) >= 11 is 0. The molecular formula is C46H50F2N6O8. The van der Waals surface area contributed by atoms with Crippen molar-refractivity contribution in [3.63, 3.8) is 0 Å². The number of carbonyl (C=O) groups excluding carboxylic acids is 5. The standard InChI is InChI=1S/C46H48F2N6O8.H2/c1-4-38(55)53-24-25-54(40(57)28-53)41-15-11-34(60-41)10-14-39(56)51(3)21-16-30-17-22-52(23-18-30)43(58)32-7-5-6-31(26-32)42-29(2)8-13-37(49-42)50-44(59)45(19-20-45)33-9-12-35-36(27-33)62-46(47,48)61-35;/h4-9,11-13,15,26-27,30H,1,10,14,16-25,28H2,2-3H3,(H,49,50,59);1H. The zero-order chi connectivity index (χ0) is 43.8. The van der Waals surface area contributed by atoms with E-state index in [2.05, 4.69) is 21.4 Å². The minimum Gasteiger partial charge on any atom is -0.445 e. The van der Waals surface area contributed by atoms with Gasteiger partial charge in [0.25, 0.3) is 5.91 Å². The highest BCUT2D eigenvalue weighted by atomic mass is 19.3. The molecule has 0 radical (unpaired) electrons. The molecule has 5 heterocycles. The number of amides is 5. The number of pyridine rings is 1. The van der Waals surface area contributed by atoms with Crippen molar-refractivity contribution in [3.05, 3.63) is 102 Å². The van der Waals surface area contributed by atoms with Gasteiger partial charge in [-0.2, -0.15) is 0 Å². The normalized spacial score (nSPS) is 17.7. The molecule has 4 aliphatic rings. The number of benzene rings is 2. The maximum Gasteiger partial charge on any atom is 0.586 e. The van der Waals surface area contributed by atoms with Gasteiger partial charge in [-0.3, -0.25) is 28.9 Å². The lowest BCUT2D eigenvalue weighted by Crippen LogP contribution is -2.52. The van der Waals surface area contributed by atoms with Crippen LogP contribution in [0.15, 0.2) is 83.8 Å². The Bertz CT molecular complexity index is 2430. The molecule has 0 bridgehead atoms. The molecule has 16 heteroatoms. The van der Waals surface area contributed by atoms with Gasteiger partial charge in [0, 0.05) is 71.2 Å². The van der Waals surface area contributed by atoms with E-state index in [4.69, 9.17) is 9.40 Å². The molecule has 2 saturated heterocycles. The zero-order valence-corrected chi connectivity index (χ0v) is 34.7. The Morgan fingerprint density at radius 3 is 2.48 bits per heavy atom. The smallest absolute Gasteiger partial charge is 0.445 e. The summed E-state index contributed by atoms with van der Waals surface area (Å²) in [7, 11) is 1.79. The molecular weight excluding hydrogens is 803 g/mol. The maximum absolute atomic E-state index is 13.7. The summed E-state index contributed by atoms with van der Waals surface area (Å²) in [5.74, 6) is 0.595.